The Morgan fingerprint density at radius 1 is 1.05 bits per heavy atom. The average molecular weight is 597 g/mol. The molecule has 1 aliphatic carbocycles. The van der Waals surface area contributed by atoms with E-state index >= 15 is 0 Å². The molecule has 1 aliphatic rings. The van der Waals surface area contributed by atoms with E-state index in [0.29, 0.717) is 37.6 Å². The molecule has 12 heteroatoms. The van der Waals surface area contributed by atoms with Crippen LogP contribution in [0.25, 0.3) is 0 Å². The third-order valence-corrected chi connectivity index (χ3v) is 7.44. The van der Waals surface area contributed by atoms with Crippen molar-refractivity contribution in [3.8, 4) is 5.75 Å². The van der Waals surface area contributed by atoms with E-state index in [2.05, 4.69) is 10.4 Å². The number of nitrogens with one attached hydrogen (secondary N) is 1. The number of benzene rings is 1. The van der Waals surface area contributed by atoms with Crippen molar-refractivity contribution in [3.05, 3.63) is 50.7 Å². The summed E-state index contributed by atoms with van der Waals surface area (Å²) in [5.41, 5.74) is -1.65. The molecule has 1 aromatic carbocycles. The van der Waals surface area contributed by atoms with E-state index in [1.807, 2.05) is 12.1 Å². The molecule has 1 N–H and O–H groups in total. The van der Waals surface area contributed by atoms with E-state index in [1.165, 1.54) is 36.8 Å². The van der Waals surface area contributed by atoms with Crippen LogP contribution in [0.2, 0.25) is 0 Å². The molecule has 1 heterocycles. The predicted octanol–water partition coefficient (Wildman–Crippen LogP) is 5.48. The molecule has 1 fully saturated rings. The number of carbonyl (C=O) groups is 1. The smallest absolute Gasteiger partial charge is 0.389 e. The summed E-state index contributed by atoms with van der Waals surface area (Å²) in [5, 5.41) is 7.24. The van der Waals surface area contributed by atoms with Crippen LogP contribution in [0, 0.1) is 5.92 Å². The molecule has 0 unspecified atom stereocenters. The Bertz CT molecular complexity index is 1270. The summed E-state index contributed by atoms with van der Waals surface area (Å²) in [6.07, 6.45) is 2.34. The third-order valence-electron chi connectivity index (χ3n) is 7.44. The van der Waals surface area contributed by atoms with Crippen LogP contribution < -0.4 is 21.3 Å². The summed E-state index contributed by atoms with van der Waals surface area (Å²) in [5.74, 6) is 0.576. The number of esters is 1. The van der Waals surface area contributed by atoms with Crippen molar-refractivity contribution in [1.29, 1.82) is 0 Å². The van der Waals surface area contributed by atoms with Crippen molar-refractivity contribution in [2.45, 2.75) is 110 Å². The SMILES string of the molecule is CCOC(=O)C(C)(C)Oc1ccc(CCNc2nn(CCCC3CCCCC3)c(=O)n(CCCC(F)(F)F)c2=O)cc1. The highest BCUT2D eigenvalue weighted by molar-refractivity contribution is 5.79. The number of anilines is 1. The van der Waals surface area contributed by atoms with Gasteiger partial charge in [0.05, 0.1) is 6.61 Å². The highest BCUT2D eigenvalue weighted by atomic mass is 19.4. The zero-order valence-electron chi connectivity index (χ0n) is 24.8. The first-order valence-corrected chi connectivity index (χ1v) is 14.9. The number of halogens is 3. The Hall–Kier alpha value is -3.31. The lowest BCUT2D eigenvalue weighted by Gasteiger charge is -2.24. The van der Waals surface area contributed by atoms with Gasteiger partial charge in [-0.25, -0.2) is 14.3 Å². The summed E-state index contributed by atoms with van der Waals surface area (Å²) >= 11 is 0. The van der Waals surface area contributed by atoms with Gasteiger partial charge in [0.2, 0.25) is 5.82 Å². The zero-order valence-corrected chi connectivity index (χ0v) is 24.8. The molecule has 1 aromatic heterocycles. The Balaban J connectivity index is 1.66. The van der Waals surface area contributed by atoms with Crippen LogP contribution >= 0.6 is 0 Å². The standard InChI is InChI=1S/C30H43F3N4O5/c1-4-41-27(39)29(2,3)42-24-15-13-23(14-16-24)17-19-34-25-26(38)36(20-9-18-30(31,32)33)28(40)37(35-25)21-8-12-22-10-6-5-7-11-22/h13-16,22H,4-12,17-21H2,1-3H3,(H,34,35). The van der Waals surface area contributed by atoms with Crippen LogP contribution in [0.1, 0.15) is 84.1 Å². The quantitative estimate of drug-likeness (QED) is 0.272. The lowest BCUT2D eigenvalue weighted by molar-refractivity contribution is -0.158. The van der Waals surface area contributed by atoms with E-state index < -0.39 is 35.4 Å². The Morgan fingerprint density at radius 3 is 2.38 bits per heavy atom. The van der Waals surface area contributed by atoms with E-state index in [4.69, 9.17) is 9.47 Å². The lowest BCUT2D eigenvalue weighted by Crippen LogP contribution is -2.43. The summed E-state index contributed by atoms with van der Waals surface area (Å²) < 4.78 is 51.1. The van der Waals surface area contributed by atoms with Gasteiger partial charge in [0.25, 0.3) is 5.56 Å². The number of carbonyl (C=O) groups excluding carboxylic acids is 1. The molecule has 0 radical (unpaired) electrons. The molecule has 0 amide bonds. The maximum Gasteiger partial charge on any atom is 0.389 e. The van der Waals surface area contributed by atoms with E-state index in [-0.39, 0.29) is 25.4 Å². The summed E-state index contributed by atoms with van der Waals surface area (Å²) in [4.78, 5) is 38.1. The number of rotatable bonds is 15. The first kappa shape index (κ1) is 33.2. The molecular weight excluding hydrogens is 553 g/mol. The maximum atomic E-state index is 13.0. The molecule has 1 saturated carbocycles. The number of aromatic nitrogens is 3. The molecule has 3 rings (SSSR count). The van der Waals surface area contributed by atoms with Gasteiger partial charge < -0.3 is 14.8 Å². The summed E-state index contributed by atoms with van der Waals surface area (Å²) in [6.45, 7) is 5.50. The number of aryl methyl sites for hydroxylation is 1. The average Bonchev–Trinajstić information content (AvgIpc) is 2.93. The van der Waals surface area contributed by atoms with Crippen LogP contribution in [0.5, 0.6) is 5.75 Å². The van der Waals surface area contributed by atoms with Gasteiger partial charge in [-0.1, -0.05) is 44.2 Å². The molecule has 0 saturated heterocycles. The van der Waals surface area contributed by atoms with Crippen LogP contribution in [-0.4, -0.2) is 45.2 Å². The third kappa shape index (κ3) is 10.2. The molecule has 42 heavy (non-hydrogen) atoms. The summed E-state index contributed by atoms with van der Waals surface area (Å²) in [6, 6.07) is 7.12. The van der Waals surface area contributed by atoms with Crippen molar-refractivity contribution in [3.63, 3.8) is 0 Å². The Morgan fingerprint density at radius 2 is 1.74 bits per heavy atom. The normalized spacial score (nSPS) is 14.5. The molecule has 0 atom stereocenters. The zero-order chi connectivity index (χ0) is 30.8. The number of ether oxygens (including phenoxy) is 2. The van der Waals surface area contributed by atoms with Gasteiger partial charge in [0, 0.05) is 26.1 Å². The van der Waals surface area contributed by atoms with Gasteiger partial charge >= 0.3 is 17.8 Å². The van der Waals surface area contributed by atoms with Gasteiger partial charge in [-0.05, 0) is 70.1 Å². The van der Waals surface area contributed by atoms with Crippen LogP contribution in [0.15, 0.2) is 33.9 Å². The van der Waals surface area contributed by atoms with Crippen LogP contribution in [0.4, 0.5) is 19.0 Å². The van der Waals surface area contributed by atoms with Crippen molar-refractivity contribution in [1.82, 2.24) is 14.3 Å². The number of hydrogen-bond acceptors (Lipinski definition) is 7. The second kappa shape index (κ2) is 15.2. The fraction of sp³-hybridized carbons (Fsp3) is 0.667. The molecule has 0 bridgehead atoms. The topological polar surface area (TPSA) is 104 Å². The van der Waals surface area contributed by atoms with Crippen molar-refractivity contribution in [2.24, 2.45) is 5.92 Å². The van der Waals surface area contributed by atoms with Crippen LogP contribution in [-0.2, 0) is 29.0 Å². The highest BCUT2D eigenvalue weighted by Crippen LogP contribution is 2.27. The monoisotopic (exact) mass is 596 g/mol. The Kier molecular flexibility index (Phi) is 12.0. The van der Waals surface area contributed by atoms with Gasteiger partial charge in [-0.15, -0.1) is 5.10 Å². The first-order chi connectivity index (χ1) is 19.9. The molecule has 2 aromatic rings. The minimum Gasteiger partial charge on any atom is -0.476 e. The van der Waals surface area contributed by atoms with E-state index in [9.17, 15) is 27.6 Å². The highest BCUT2D eigenvalue weighted by Gasteiger charge is 2.31. The largest absolute Gasteiger partial charge is 0.476 e. The fourth-order valence-electron chi connectivity index (χ4n) is 5.15. The summed E-state index contributed by atoms with van der Waals surface area (Å²) in [7, 11) is 0. The van der Waals surface area contributed by atoms with Crippen molar-refractivity contribution < 1.29 is 27.4 Å². The number of hydrogen-bond donors (Lipinski definition) is 1. The Labute approximate surface area is 244 Å². The van der Waals surface area contributed by atoms with Crippen LogP contribution in [0.3, 0.4) is 0 Å². The minimum absolute atomic E-state index is 0.0598. The predicted molar refractivity (Wildman–Crippen MR) is 154 cm³/mol. The molecular formula is C30H43F3N4O5. The van der Waals surface area contributed by atoms with Gasteiger partial charge in [-0.2, -0.15) is 13.2 Å². The minimum atomic E-state index is -4.37. The number of alkyl halides is 3. The second-order valence-electron chi connectivity index (χ2n) is 11.3. The molecule has 0 spiro atoms. The van der Waals surface area contributed by atoms with Crippen molar-refractivity contribution >= 4 is 11.8 Å². The number of nitrogens with zero attached hydrogens (tertiary/aromatic N) is 3. The lowest BCUT2D eigenvalue weighted by atomic mass is 9.86. The van der Waals surface area contributed by atoms with Gasteiger partial charge in [0.1, 0.15) is 5.75 Å². The molecule has 0 aliphatic heterocycles. The molecule has 9 nitrogen and oxygen atoms in total. The van der Waals surface area contributed by atoms with E-state index in [0.717, 1.165) is 16.6 Å². The van der Waals surface area contributed by atoms with Crippen molar-refractivity contribution in [2.75, 3.05) is 18.5 Å². The fourth-order valence-corrected chi connectivity index (χ4v) is 5.15. The van der Waals surface area contributed by atoms with Gasteiger partial charge in [0.15, 0.2) is 5.60 Å². The second-order valence-corrected chi connectivity index (χ2v) is 11.3. The first-order valence-electron chi connectivity index (χ1n) is 14.9. The maximum absolute atomic E-state index is 13.0. The van der Waals surface area contributed by atoms with E-state index in [1.54, 1.807) is 32.9 Å². The molecule has 234 valence electrons. The van der Waals surface area contributed by atoms with Gasteiger partial charge in [-0.3, -0.25) is 9.36 Å².